The minimum Gasteiger partial charge on any atom is -0.342 e. The van der Waals surface area contributed by atoms with Crippen LogP contribution in [0, 0.1) is 19.3 Å². The minimum atomic E-state index is -0.253. The average molecular weight is 238 g/mol. The van der Waals surface area contributed by atoms with Crippen molar-refractivity contribution in [1.82, 2.24) is 15.1 Å². The molecular formula is C11H12ClN3O. The molecular weight excluding hydrogens is 226 g/mol. The first-order chi connectivity index (χ1) is 7.56. The third kappa shape index (κ3) is 2.88. The summed E-state index contributed by atoms with van der Waals surface area (Å²) >= 11 is 5.99. The van der Waals surface area contributed by atoms with Gasteiger partial charge in [-0.25, -0.2) is 0 Å². The van der Waals surface area contributed by atoms with Gasteiger partial charge in [-0.05, 0) is 13.0 Å². The van der Waals surface area contributed by atoms with Gasteiger partial charge in [-0.15, -0.1) is 6.42 Å². The van der Waals surface area contributed by atoms with Crippen molar-refractivity contribution in [1.29, 1.82) is 0 Å². The lowest BCUT2D eigenvalue weighted by Crippen LogP contribution is -2.20. The Hall–Kier alpha value is -1.73. The zero-order valence-corrected chi connectivity index (χ0v) is 9.88. The summed E-state index contributed by atoms with van der Waals surface area (Å²) in [7, 11) is 1.74. The molecule has 0 aliphatic heterocycles. The molecule has 4 nitrogen and oxygen atoms in total. The van der Waals surface area contributed by atoms with Crippen molar-refractivity contribution in [3.8, 4) is 12.3 Å². The number of nitrogens with one attached hydrogen (secondary N) is 1. The van der Waals surface area contributed by atoms with Crippen LogP contribution in [-0.2, 0) is 11.8 Å². The number of hydrogen-bond donors (Lipinski definition) is 1. The Morgan fingerprint density at radius 3 is 2.94 bits per heavy atom. The number of nitrogens with zero attached hydrogens (tertiary/aromatic N) is 2. The molecule has 0 unspecified atom stereocenters. The Labute approximate surface area is 99.3 Å². The van der Waals surface area contributed by atoms with Crippen LogP contribution in [-0.4, -0.2) is 22.2 Å². The topological polar surface area (TPSA) is 46.9 Å². The van der Waals surface area contributed by atoms with Crippen LogP contribution < -0.4 is 5.32 Å². The second-order valence-corrected chi connectivity index (χ2v) is 3.53. The van der Waals surface area contributed by atoms with Crippen molar-refractivity contribution in [2.45, 2.75) is 6.92 Å². The molecule has 1 aromatic rings. The first-order valence-corrected chi connectivity index (χ1v) is 5.02. The predicted octanol–water partition coefficient (Wildman–Crippen LogP) is 1.14. The van der Waals surface area contributed by atoms with Crippen LogP contribution in [0.3, 0.4) is 0 Å². The highest BCUT2D eigenvalue weighted by Gasteiger charge is 2.07. The van der Waals surface area contributed by atoms with Crippen LogP contribution in [0.25, 0.3) is 6.08 Å². The third-order valence-electron chi connectivity index (χ3n) is 1.96. The lowest BCUT2D eigenvalue weighted by Gasteiger charge is -1.94. The van der Waals surface area contributed by atoms with Gasteiger partial charge in [-0.1, -0.05) is 17.5 Å². The van der Waals surface area contributed by atoms with E-state index in [2.05, 4.69) is 16.3 Å². The summed E-state index contributed by atoms with van der Waals surface area (Å²) < 4.78 is 1.55. The fourth-order valence-electron chi connectivity index (χ4n) is 1.19. The smallest absolute Gasteiger partial charge is 0.244 e. The third-order valence-corrected chi connectivity index (χ3v) is 2.41. The second kappa shape index (κ2) is 5.38. The fraction of sp³-hybridized carbons (Fsp3) is 0.273. The van der Waals surface area contributed by atoms with Gasteiger partial charge in [-0.2, -0.15) is 5.10 Å². The zero-order valence-electron chi connectivity index (χ0n) is 9.12. The molecule has 0 bridgehead atoms. The quantitative estimate of drug-likeness (QED) is 0.633. The summed E-state index contributed by atoms with van der Waals surface area (Å²) in [5.41, 5.74) is 1.51. The van der Waals surface area contributed by atoms with Gasteiger partial charge in [0, 0.05) is 18.7 Å². The van der Waals surface area contributed by atoms with Gasteiger partial charge in [0.2, 0.25) is 5.91 Å². The van der Waals surface area contributed by atoms with Crippen molar-refractivity contribution in [3.05, 3.63) is 22.5 Å². The van der Waals surface area contributed by atoms with E-state index in [0.717, 1.165) is 11.3 Å². The standard InChI is InChI=1S/C11H12ClN3O/c1-4-7-13-10(16)6-5-9-8(2)14-15(3)11(9)12/h1,5-6H,7H2,2-3H3,(H,13,16)/b6-5+. The molecule has 0 radical (unpaired) electrons. The van der Waals surface area contributed by atoms with Crippen LogP contribution in [0.1, 0.15) is 11.3 Å². The molecule has 0 aliphatic rings. The van der Waals surface area contributed by atoms with E-state index in [1.807, 2.05) is 6.92 Å². The first-order valence-electron chi connectivity index (χ1n) is 4.64. The molecule has 84 valence electrons. The summed E-state index contributed by atoms with van der Waals surface area (Å²) in [4.78, 5) is 11.2. The predicted molar refractivity (Wildman–Crippen MR) is 63.8 cm³/mol. The number of hydrogen-bond acceptors (Lipinski definition) is 2. The molecule has 0 saturated heterocycles. The molecule has 5 heteroatoms. The number of carbonyl (C=O) groups is 1. The maximum Gasteiger partial charge on any atom is 0.244 e. The van der Waals surface area contributed by atoms with Gasteiger partial charge in [0.15, 0.2) is 0 Å². The highest BCUT2D eigenvalue weighted by molar-refractivity contribution is 6.31. The van der Waals surface area contributed by atoms with Gasteiger partial charge in [-0.3, -0.25) is 9.48 Å². The monoisotopic (exact) mass is 237 g/mol. The van der Waals surface area contributed by atoms with E-state index in [4.69, 9.17) is 18.0 Å². The Morgan fingerprint density at radius 1 is 1.75 bits per heavy atom. The molecule has 1 rings (SSSR count). The Kier molecular flexibility index (Phi) is 4.15. The average Bonchev–Trinajstić information content (AvgIpc) is 2.48. The van der Waals surface area contributed by atoms with Crippen LogP contribution >= 0.6 is 11.6 Å². The number of halogens is 1. The maximum atomic E-state index is 11.2. The molecule has 1 amide bonds. The number of carbonyl (C=O) groups excluding carboxylic acids is 1. The van der Waals surface area contributed by atoms with E-state index in [1.54, 1.807) is 17.8 Å². The van der Waals surface area contributed by atoms with E-state index in [9.17, 15) is 4.79 Å². The van der Waals surface area contributed by atoms with Gasteiger partial charge in [0.1, 0.15) is 5.15 Å². The highest BCUT2D eigenvalue weighted by atomic mass is 35.5. The van der Waals surface area contributed by atoms with Crippen molar-refractivity contribution in [2.75, 3.05) is 6.54 Å². The fourth-order valence-corrected chi connectivity index (χ4v) is 1.43. The normalized spacial score (nSPS) is 10.4. The second-order valence-electron chi connectivity index (χ2n) is 3.17. The molecule has 0 spiro atoms. The Morgan fingerprint density at radius 2 is 2.44 bits per heavy atom. The van der Waals surface area contributed by atoms with Crippen LogP contribution in [0.5, 0.6) is 0 Å². The van der Waals surface area contributed by atoms with Gasteiger partial charge >= 0.3 is 0 Å². The summed E-state index contributed by atoms with van der Waals surface area (Å²) in [5.74, 6) is 2.06. The molecule has 1 N–H and O–H groups in total. The lowest BCUT2D eigenvalue weighted by molar-refractivity contribution is -0.116. The molecule has 0 aromatic carbocycles. The van der Waals surface area contributed by atoms with Crippen LogP contribution in [0.15, 0.2) is 6.08 Å². The Balaban J connectivity index is 2.77. The minimum absolute atomic E-state index is 0.211. The maximum absolute atomic E-state index is 11.2. The van der Waals surface area contributed by atoms with Crippen LogP contribution in [0.2, 0.25) is 5.15 Å². The highest BCUT2D eigenvalue weighted by Crippen LogP contribution is 2.19. The van der Waals surface area contributed by atoms with Crippen molar-refractivity contribution >= 4 is 23.6 Å². The van der Waals surface area contributed by atoms with Crippen molar-refractivity contribution in [3.63, 3.8) is 0 Å². The summed E-state index contributed by atoms with van der Waals surface area (Å²) in [6, 6.07) is 0. The molecule has 1 heterocycles. The Bertz CT molecular complexity index is 468. The number of amides is 1. The molecule has 0 aliphatic carbocycles. The van der Waals surface area contributed by atoms with Crippen molar-refractivity contribution in [2.24, 2.45) is 7.05 Å². The van der Waals surface area contributed by atoms with E-state index in [-0.39, 0.29) is 12.5 Å². The number of aromatic nitrogens is 2. The number of terminal acetylenes is 1. The molecule has 0 saturated carbocycles. The van der Waals surface area contributed by atoms with Gasteiger partial charge < -0.3 is 5.32 Å². The van der Waals surface area contributed by atoms with E-state index in [1.165, 1.54) is 6.08 Å². The number of aryl methyl sites for hydroxylation is 2. The van der Waals surface area contributed by atoms with Crippen LogP contribution in [0.4, 0.5) is 0 Å². The molecule has 1 aromatic heterocycles. The molecule has 0 fully saturated rings. The van der Waals surface area contributed by atoms with Gasteiger partial charge in [0.05, 0.1) is 12.2 Å². The summed E-state index contributed by atoms with van der Waals surface area (Å²) in [6.45, 7) is 2.04. The molecule has 0 atom stereocenters. The summed E-state index contributed by atoms with van der Waals surface area (Å²) in [6.07, 6.45) is 8.02. The van der Waals surface area contributed by atoms with E-state index < -0.39 is 0 Å². The summed E-state index contributed by atoms with van der Waals surface area (Å²) in [5, 5.41) is 7.13. The largest absolute Gasteiger partial charge is 0.342 e. The van der Waals surface area contributed by atoms with Crippen molar-refractivity contribution < 1.29 is 4.79 Å². The number of rotatable bonds is 3. The van der Waals surface area contributed by atoms with E-state index in [0.29, 0.717) is 5.15 Å². The lowest BCUT2D eigenvalue weighted by atomic mass is 10.2. The zero-order chi connectivity index (χ0) is 12.1. The molecule has 16 heavy (non-hydrogen) atoms. The first kappa shape index (κ1) is 12.3. The van der Waals surface area contributed by atoms with Gasteiger partial charge in [0.25, 0.3) is 0 Å². The van der Waals surface area contributed by atoms with E-state index >= 15 is 0 Å². The SMILES string of the molecule is C#CCNC(=O)/C=C/c1c(C)nn(C)c1Cl.